The van der Waals surface area contributed by atoms with E-state index in [2.05, 4.69) is 21.2 Å². The van der Waals surface area contributed by atoms with Crippen molar-refractivity contribution in [2.45, 2.75) is 13.0 Å². The Kier molecular flexibility index (Phi) is 6.11. The second-order valence-corrected chi connectivity index (χ2v) is 6.55. The number of benzene rings is 2. The highest BCUT2D eigenvalue weighted by molar-refractivity contribution is 9.10. The second-order valence-electron chi connectivity index (χ2n) is 5.64. The van der Waals surface area contributed by atoms with Gasteiger partial charge in [0.2, 0.25) is 11.8 Å². The number of hydrogen-bond acceptors (Lipinski definition) is 3. The first kappa shape index (κ1) is 18.2. The molecule has 0 radical (unpaired) electrons. The molecule has 0 aliphatic carbocycles. The normalized spacial score (nSPS) is 12.0. The van der Waals surface area contributed by atoms with Crippen LogP contribution in [-0.4, -0.2) is 30.3 Å². The zero-order valence-corrected chi connectivity index (χ0v) is 15.2. The van der Waals surface area contributed by atoms with E-state index in [9.17, 15) is 9.59 Å². The van der Waals surface area contributed by atoms with E-state index in [-0.39, 0.29) is 12.5 Å². The van der Waals surface area contributed by atoms with Crippen LogP contribution in [-0.2, 0) is 9.59 Å². The lowest BCUT2D eigenvalue weighted by molar-refractivity contribution is -0.124. The molecule has 0 bridgehead atoms. The lowest BCUT2D eigenvalue weighted by Crippen LogP contribution is -2.39. The van der Waals surface area contributed by atoms with Gasteiger partial charge in [-0.25, -0.2) is 0 Å². The SMILES string of the molecule is Cc1cc(Br)ccc1NC(=O)CN(C)C(C(N)=O)c1ccccc1. The van der Waals surface area contributed by atoms with E-state index < -0.39 is 11.9 Å². The Morgan fingerprint density at radius 2 is 1.88 bits per heavy atom. The van der Waals surface area contributed by atoms with E-state index >= 15 is 0 Å². The van der Waals surface area contributed by atoms with E-state index in [1.54, 1.807) is 11.9 Å². The number of carbonyl (C=O) groups excluding carboxylic acids is 2. The quantitative estimate of drug-likeness (QED) is 0.797. The number of aryl methyl sites for hydroxylation is 1. The van der Waals surface area contributed by atoms with E-state index in [0.717, 1.165) is 21.3 Å². The maximum Gasteiger partial charge on any atom is 0.239 e. The zero-order chi connectivity index (χ0) is 17.7. The number of hydrogen-bond donors (Lipinski definition) is 2. The predicted molar refractivity (Wildman–Crippen MR) is 98.5 cm³/mol. The third kappa shape index (κ3) is 4.66. The minimum Gasteiger partial charge on any atom is -0.368 e. The molecule has 2 aromatic rings. The van der Waals surface area contributed by atoms with Crippen molar-refractivity contribution in [3.63, 3.8) is 0 Å². The van der Waals surface area contributed by atoms with Gasteiger partial charge in [0.05, 0.1) is 6.54 Å². The summed E-state index contributed by atoms with van der Waals surface area (Å²) >= 11 is 3.39. The number of anilines is 1. The summed E-state index contributed by atoms with van der Waals surface area (Å²) in [7, 11) is 1.70. The number of nitrogens with zero attached hydrogens (tertiary/aromatic N) is 1. The van der Waals surface area contributed by atoms with Crippen LogP contribution in [0.2, 0.25) is 0 Å². The number of nitrogens with one attached hydrogen (secondary N) is 1. The number of amides is 2. The summed E-state index contributed by atoms with van der Waals surface area (Å²) in [6.45, 7) is 1.97. The van der Waals surface area contributed by atoms with Gasteiger partial charge in [0.15, 0.2) is 0 Å². The van der Waals surface area contributed by atoms with Crippen LogP contribution in [0.3, 0.4) is 0 Å². The Bertz CT molecular complexity index is 734. The third-order valence-corrected chi connectivity index (χ3v) is 4.17. The Balaban J connectivity index is 2.07. The molecule has 6 heteroatoms. The topological polar surface area (TPSA) is 75.4 Å². The van der Waals surface area contributed by atoms with E-state index in [4.69, 9.17) is 5.73 Å². The molecule has 0 aliphatic heterocycles. The summed E-state index contributed by atoms with van der Waals surface area (Å²) in [5.41, 5.74) is 7.98. The van der Waals surface area contributed by atoms with Gasteiger partial charge >= 0.3 is 0 Å². The van der Waals surface area contributed by atoms with Crippen molar-refractivity contribution >= 4 is 33.4 Å². The van der Waals surface area contributed by atoms with Gasteiger partial charge in [-0.05, 0) is 43.3 Å². The van der Waals surface area contributed by atoms with Crippen molar-refractivity contribution in [1.29, 1.82) is 0 Å². The van der Waals surface area contributed by atoms with E-state index in [0.29, 0.717) is 0 Å². The van der Waals surface area contributed by atoms with Crippen molar-refractivity contribution < 1.29 is 9.59 Å². The van der Waals surface area contributed by atoms with Gasteiger partial charge < -0.3 is 11.1 Å². The largest absolute Gasteiger partial charge is 0.368 e. The molecule has 2 amide bonds. The van der Waals surface area contributed by atoms with Crippen LogP contribution in [0.4, 0.5) is 5.69 Å². The van der Waals surface area contributed by atoms with Crippen molar-refractivity contribution in [3.05, 3.63) is 64.1 Å². The molecule has 3 N–H and O–H groups in total. The summed E-state index contributed by atoms with van der Waals surface area (Å²) in [6, 6.07) is 14.2. The van der Waals surface area contributed by atoms with Crippen molar-refractivity contribution in [3.8, 4) is 0 Å². The molecule has 126 valence electrons. The molecule has 0 heterocycles. The molecule has 24 heavy (non-hydrogen) atoms. The molecule has 1 atom stereocenters. The molecule has 0 saturated carbocycles. The monoisotopic (exact) mass is 389 g/mol. The molecular formula is C18H20BrN3O2. The van der Waals surface area contributed by atoms with Crippen molar-refractivity contribution in [1.82, 2.24) is 4.90 Å². The molecule has 2 rings (SSSR count). The van der Waals surface area contributed by atoms with Gasteiger partial charge in [0.25, 0.3) is 0 Å². The second kappa shape index (κ2) is 8.08. The molecule has 0 aliphatic rings. The van der Waals surface area contributed by atoms with Crippen molar-refractivity contribution in [2.75, 3.05) is 18.9 Å². The number of rotatable bonds is 6. The van der Waals surface area contributed by atoms with Gasteiger partial charge in [-0.3, -0.25) is 14.5 Å². The summed E-state index contributed by atoms with van der Waals surface area (Å²) in [5, 5.41) is 2.86. The predicted octanol–water partition coefficient (Wildman–Crippen LogP) is 2.85. The molecular weight excluding hydrogens is 370 g/mol. The average molecular weight is 390 g/mol. The number of primary amides is 1. The van der Waals surface area contributed by atoms with Gasteiger partial charge in [0.1, 0.15) is 6.04 Å². The first-order valence-electron chi connectivity index (χ1n) is 7.49. The standard InChI is InChI=1S/C18H20BrN3O2/c1-12-10-14(19)8-9-15(12)21-16(23)11-22(2)17(18(20)24)13-6-4-3-5-7-13/h3-10,17H,11H2,1-2H3,(H2,20,24)(H,21,23). The molecule has 1 unspecified atom stereocenters. The molecule has 0 aromatic heterocycles. The molecule has 0 saturated heterocycles. The maximum absolute atomic E-state index is 12.3. The number of carbonyl (C=O) groups is 2. The zero-order valence-electron chi connectivity index (χ0n) is 13.6. The lowest BCUT2D eigenvalue weighted by atomic mass is 10.1. The summed E-state index contributed by atoms with van der Waals surface area (Å²) in [5.74, 6) is -0.693. The Morgan fingerprint density at radius 1 is 1.21 bits per heavy atom. The Labute approximate surface area is 150 Å². The van der Waals surface area contributed by atoms with Gasteiger partial charge in [-0.2, -0.15) is 0 Å². The summed E-state index contributed by atoms with van der Waals surface area (Å²) in [6.07, 6.45) is 0. The highest BCUT2D eigenvalue weighted by atomic mass is 79.9. The van der Waals surface area contributed by atoms with Crippen LogP contribution in [0.5, 0.6) is 0 Å². The van der Waals surface area contributed by atoms with Crippen LogP contribution >= 0.6 is 15.9 Å². The fourth-order valence-corrected chi connectivity index (χ4v) is 3.02. The maximum atomic E-state index is 12.3. The number of nitrogens with two attached hydrogens (primary N) is 1. The van der Waals surface area contributed by atoms with Gasteiger partial charge in [-0.15, -0.1) is 0 Å². The molecule has 0 spiro atoms. The first-order valence-corrected chi connectivity index (χ1v) is 8.28. The molecule has 0 fully saturated rings. The number of likely N-dealkylation sites (N-methyl/N-ethyl adjacent to an activating group) is 1. The van der Waals surface area contributed by atoms with Gasteiger partial charge in [-0.1, -0.05) is 46.3 Å². The fraction of sp³-hybridized carbons (Fsp3) is 0.222. The lowest BCUT2D eigenvalue weighted by Gasteiger charge is -2.25. The fourth-order valence-electron chi connectivity index (χ4n) is 2.55. The van der Waals surface area contributed by atoms with E-state index in [1.807, 2.05) is 55.5 Å². The minimum absolute atomic E-state index is 0.0536. The first-order chi connectivity index (χ1) is 11.4. The number of halogens is 1. The molecule has 2 aromatic carbocycles. The summed E-state index contributed by atoms with van der Waals surface area (Å²) in [4.78, 5) is 25.8. The highest BCUT2D eigenvalue weighted by Crippen LogP contribution is 2.21. The van der Waals surface area contributed by atoms with Crippen LogP contribution in [0.15, 0.2) is 53.0 Å². The van der Waals surface area contributed by atoms with Crippen LogP contribution in [0.1, 0.15) is 17.2 Å². The van der Waals surface area contributed by atoms with Crippen LogP contribution in [0, 0.1) is 6.92 Å². The van der Waals surface area contributed by atoms with E-state index in [1.165, 1.54) is 0 Å². The summed E-state index contributed by atoms with van der Waals surface area (Å²) < 4.78 is 0.952. The third-order valence-electron chi connectivity index (χ3n) is 3.68. The minimum atomic E-state index is -0.650. The van der Waals surface area contributed by atoms with Crippen molar-refractivity contribution in [2.24, 2.45) is 5.73 Å². The van der Waals surface area contributed by atoms with Gasteiger partial charge in [0, 0.05) is 10.2 Å². The average Bonchev–Trinajstić information content (AvgIpc) is 2.51. The Hall–Kier alpha value is -2.18. The smallest absolute Gasteiger partial charge is 0.239 e. The molecule has 5 nitrogen and oxygen atoms in total. The van der Waals surface area contributed by atoms with Crippen LogP contribution in [0.25, 0.3) is 0 Å². The van der Waals surface area contributed by atoms with Crippen LogP contribution < -0.4 is 11.1 Å². The highest BCUT2D eigenvalue weighted by Gasteiger charge is 2.24. The Morgan fingerprint density at radius 3 is 2.46 bits per heavy atom.